The van der Waals surface area contributed by atoms with Gasteiger partial charge in [-0.3, -0.25) is 4.79 Å². The van der Waals surface area contributed by atoms with E-state index in [1.54, 1.807) is 6.07 Å². The van der Waals surface area contributed by atoms with Gasteiger partial charge in [0.1, 0.15) is 11.9 Å². The van der Waals surface area contributed by atoms with Gasteiger partial charge in [-0.05, 0) is 17.7 Å². The zero-order valence-corrected chi connectivity index (χ0v) is 8.37. The number of rotatable bonds is 3. The molecule has 0 saturated heterocycles. The number of hydrogen-bond acceptors (Lipinski definition) is 4. The van der Waals surface area contributed by atoms with Crippen molar-refractivity contribution in [2.75, 3.05) is 12.8 Å². The predicted octanol–water partition coefficient (Wildman–Crippen LogP) is 0.451. The summed E-state index contributed by atoms with van der Waals surface area (Å²) in [5.41, 5.74) is 11.6. The van der Waals surface area contributed by atoms with E-state index >= 15 is 0 Å². The molecule has 1 rings (SSSR count). The first kappa shape index (κ1) is 11.5. The van der Waals surface area contributed by atoms with Crippen LogP contribution in [0.25, 0.3) is 0 Å². The lowest BCUT2D eigenvalue weighted by molar-refractivity contribution is -0.142. The second kappa shape index (κ2) is 4.75. The molecule has 0 spiro atoms. The van der Waals surface area contributed by atoms with Crippen molar-refractivity contribution in [2.24, 2.45) is 5.73 Å². The van der Waals surface area contributed by atoms with Crippen LogP contribution in [0.1, 0.15) is 5.56 Å². The smallest absolute Gasteiger partial charge is 0.322 e. The number of methoxy groups -OCH3 is 1. The van der Waals surface area contributed by atoms with Crippen molar-refractivity contribution in [1.82, 2.24) is 0 Å². The lowest BCUT2D eigenvalue weighted by Gasteiger charge is -2.09. The van der Waals surface area contributed by atoms with Gasteiger partial charge in [0.15, 0.2) is 0 Å². The molecule has 1 atom stereocenters. The summed E-state index contributed by atoms with van der Waals surface area (Å²) >= 11 is 0. The molecular formula is C10H13FN2O2. The average Bonchev–Trinajstić information content (AvgIpc) is 2.20. The first-order valence-electron chi connectivity index (χ1n) is 4.42. The number of nitrogen functional groups attached to an aromatic ring is 1. The summed E-state index contributed by atoms with van der Waals surface area (Å²) in [5.74, 6) is -1.03. The van der Waals surface area contributed by atoms with E-state index in [2.05, 4.69) is 4.74 Å². The maximum Gasteiger partial charge on any atom is 0.322 e. The molecule has 5 heteroatoms. The number of benzene rings is 1. The molecule has 0 bridgehead atoms. The van der Waals surface area contributed by atoms with Gasteiger partial charge in [0, 0.05) is 12.1 Å². The minimum absolute atomic E-state index is 0.0960. The Bertz CT molecular complexity index is 368. The molecule has 15 heavy (non-hydrogen) atoms. The van der Waals surface area contributed by atoms with Gasteiger partial charge < -0.3 is 16.2 Å². The van der Waals surface area contributed by atoms with Crippen LogP contribution in [0.3, 0.4) is 0 Å². The average molecular weight is 212 g/mol. The Hall–Kier alpha value is -1.62. The molecule has 1 aromatic rings. The zero-order chi connectivity index (χ0) is 11.4. The third kappa shape index (κ3) is 2.92. The first-order chi connectivity index (χ1) is 7.04. The van der Waals surface area contributed by atoms with Crippen molar-refractivity contribution >= 4 is 11.7 Å². The Morgan fingerprint density at radius 2 is 2.27 bits per heavy atom. The van der Waals surface area contributed by atoms with Gasteiger partial charge in [-0.1, -0.05) is 6.07 Å². The maximum atomic E-state index is 13.3. The molecule has 0 aliphatic carbocycles. The Labute approximate surface area is 87.0 Å². The number of nitrogens with two attached hydrogens (primary N) is 2. The van der Waals surface area contributed by atoms with Gasteiger partial charge in [-0.2, -0.15) is 0 Å². The molecule has 0 heterocycles. The molecule has 4 nitrogen and oxygen atoms in total. The van der Waals surface area contributed by atoms with E-state index < -0.39 is 17.8 Å². The molecule has 0 aliphatic rings. The van der Waals surface area contributed by atoms with Gasteiger partial charge in [0.2, 0.25) is 0 Å². The summed E-state index contributed by atoms with van der Waals surface area (Å²) < 4.78 is 17.7. The van der Waals surface area contributed by atoms with E-state index in [-0.39, 0.29) is 6.42 Å². The third-order valence-electron chi connectivity index (χ3n) is 2.02. The normalized spacial score (nSPS) is 12.2. The van der Waals surface area contributed by atoms with E-state index in [9.17, 15) is 9.18 Å². The number of carbonyl (C=O) groups is 1. The number of carbonyl (C=O) groups excluding carboxylic acids is 1. The summed E-state index contributed by atoms with van der Waals surface area (Å²) in [7, 11) is 1.24. The SMILES string of the molecule is COC(=O)[C@H](N)Cc1ccc(N)cc1F. The lowest BCUT2D eigenvalue weighted by Crippen LogP contribution is -2.33. The second-order valence-electron chi connectivity index (χ2n) is 3.18. The van der Waals surface area contributed by atoms with Crippen molar-refractivity contribution in [2.45, 2.75) is 12.5 Å². The first-order valence-corrected chi connectivity index (χ1v) is 4.42. The van der Waals surface area contributed by atoms with Crippen molar-refractivity contribution in [3.8, 4) is 0 Å². The fraction of sp³-hybridized carbons (Fsp3) is 0.300. The van der Waals surface area contributed by atoms with Crippen molar-refractivity contribution in [3.63, 3.8) is 0 Å². The van der Waals surface area contributed by atoms with E-state index in [0.717, 1.165) is 0 Å². The molecule has 0 saturated carbocycles. The molecule has 0 amide bonds. The highest BCUT2D eigenvalue weighted by atomic mass is 19.1. The van der Waals surface area contributed by atoms with Gasteiger partial charge >= 0.3 is 5.97 Å². The maximum absolute atomic E-state index is 13.3. The minimum atomic E-state index is -0.854. The number of anilines is 1. The van der Waals surface area contributed by atoms with Crippen LogP contribution in [-0.2, 0) is 16.0 Å². The molecular weight excluding hydrogens is 199 g/mol. The van der Waals surface area contributed by atoms with Crippen LogP contribution in [0.5, 0.6) is 0 Å². The van der Waals surface area contributed by atoms with Gasteiger partial charge in [0.05, 0.1) is 7.11 Å². The predicted molar refractivity (Wildman–Crippen MR) is 54.5 cm³/mol. The summed E-state index contributed by atoms with van der Waals surface area (Å²) in [6.45, 7) is 0. The van der Waals surface area contributed by atoms with Gasteiger partial charge in [-0.15, -0.1) is 0 Å². The number of esters is 1. The van der Waals surface area contributed by atoms with Crippen LogP contribution < -0.4 is 11.5 Å². The molecule has 0 fully saturated rings. The summed E-state index contributed by atoms with van der Waals surface area (Å²) in [6.07, 6.45) is 0.0960. The number of hydrogen-bond donors (Lipinski definition) is 2. The highest BCUT2D eigenvalue weighted by molar-refractivity contribution is 5.75. The number of halogens is 1. The topological polar surface area (TPSA) is 78.3 Å². The van der Waals surface area contributed by atoms with Gasteiger partial charge in [0.25, 0.3) is 0 Å². The van der Waals surface area contributed by atoms with E-state index in [0.29, 0.717) is 11.3 Å². The van der Waals surface area contributed by atoms with Crippen molar-refractivity contribution in [1.29, 1.82) is 0 Å². The van der Waals surface area contributed by atoms with E-state index in [4.69, 9.17) is 11.5 Å². The molecule has 82 valence electrons. The van der Waals surface area contributed by atoms with Crippen molar-refractivity contribution < 1.29 is 13.9 Å². The quantitative estimate of drug-likeness (QED) is 0.563. The Morgan fingerprint density at radius 1 is 1.60 bits per heavy atom. The fourth-order valence-electron chi connectivity index (χ4n) is 1.20. The Morgan fingerprint density at radius 3 is 2.80 bits per heavy atom. The zero-order valence-electron chi connectivity index (χ0n) is 8.37. The van der Waals surface area contributed by atoms with E-state index in [1.807, 2.05) is 0 Å². The molecule has 0 aromatic heterocycles. The Balaban J connectivity index is 2.76. The lowest BCUT2D eigenvalue weighted by atomic mass is 10.1. The third-order valence-corrected chi connectivity index (χ3v) is 2.02. The molecule has 0 aliphatic heterocycles. The largest absolute Gasteiger partial charge is 0.468 e. The Kier molecular flexibility index (Phi) is 3.62. The van der Waals surface area contributed by atoms with Crippen LogP contribution in [-0.4, -0.2) is 19.1 Å². The minimum Gasteiger partial charge on any atom is -0.468 e. The number of ether oxygens (including phenoxy) is 1. The van der Waals surface area contributed by atoms with Crippen LogP contribution in [0, 0.1) is 5.82 Å². The monoisotopic (exact) mass is 212 g/mol. The van der Waals surface area contributed by atoms with Crippen LogP contribution >= 0.6 is 0 Å². The summed E-state index contributed by atoms with van der Waals surface area (Å²) in [5, 5.41) is 0. The van der Waals surface area contributed by atoms with Crippen LogP contribution in [0.15, 0.2) is 18.2 Å². The van der Waals surface area contributed by atoms with Crippen LogP contribution in [0.4, 0.5) is 10.1 Å². The van der Waals surface area contributed by atoms with Crippen molar-refractivity contribution in [3.05, 3.63) is 29.6 Å². The molecule has 0 unspecified atom stereocenters. The highest BCUT2D eigenvalue weighted by Gasteiger charge is 2.16. The molecule has 1 aromatic carbocycles. The van der Waals surface area contributed by atoms with Gasteiger partial charge in [-0.25, -0.2) is 4.39 Å². The molecule has 0 radical (unpaired) electrons. The second-order valence-corrected chi connectivity index (χ2v) is 3.18. The fourth-order valence-corrected chi connectivity index (χ4v) is 1.20. The summed E-state index contributed by atoms with van der Waals surface area (Å²) in [4.78, 5) is 11.0. The summed E-state index contributed by atoms with van der Waals surface area (Å²) in [6, 6.07) is 3.41. The molecule has 4 N–H and O–H groups in total. The van der Waals surface area contributed by atoms with E-state index in [1.165, 1.54) is 19.2 Å². The van der Waals surface area contributed by atoms with Crippen LogP contribution in [0.2, 0.25) is 0 Å². The highest BCUT2D eigenvalue weighted by Crippen LogP contribution is 2.13. The standard InChI is InChI=1S/C10H13FN2O2/c1-15-10(14)9(13)4-6-2-3-7(12)5-8(6)11/h2-3,5,9H,4,12-13H2,1H3/t9-/m1/s1.